The molecule has 0 saturated heterocycles. The van der Waals surface area contributed by atoms with Gasteiger partial charge in [0.2, 0.25) is 0 Å². The van der Waals surface area contributed by atoms with E-state index in [1.807, 2.05) is 44.2 Å². The first kappa shape index (κ1) is 18.2. The van der Waals surface area contributed by atoms with E-state index in [9.17, 15) is 9.59 Å². The van der Waals surface area contributed by atoms with E-state index in [1.165, 1.54) is 0 Å². The molecule has 0 spiro atoms. The molecule has 0 bridgehead atoms. The Balaban J connectivity index is 2.78. The summed E-state index contributed by atoms with van der Waals surface area (Å²) in [4.78, 5) is 24.4. The summed E-state index contributed by atoms with van der Waals surface area (Å²) < 4.78 is 5.26. The zero-order valence-corrected chi connectivity index (χ0v) is 14.2. The molecule has 1 amide bonds. The van der Waals surface area contributed by atoms with Gasteiger partial charge in [0, 0.05) is 6.42 Å². The lowest BCUT2D eigenvalue weighted by atomic mass is 9.96. The van der Waals surface area contributed by atoms with Gasteiger partial charge in [0.15, 0.2) is 5.78 Å². The summed E-state index contributed by atoms with van der Waals surface area (Å²) in [7, 11) is 0. The minimum atomic E-state index is -0.581. The minimum Gasteiger partial charge on any atom is -0.444 e. The second kappa shape index (κ2) is 7.97. The van der Waals surface area contributed by atoms with Crippen molar-refractivity contribution < 1.29 is 14.3 Å². The number of carbonyl (C=O) groups excluding carboxylic acids is 2. The fourth-order valence-electron chi connectivity index (χ4n) is 2.09. The lowest BCUT2D eigenvalue weighted by Gasteiger charge is -2.23. The number of nitrogens with one attached hydrogen (secondary N) is 1. The maximum atomic E-state index is 12.4. The summed E-state index contributed by atoms with van der Waals surface area (Å²) in [5, 5.41) is 2.72. The van der Waals surface area contributed by atoms with E-state index in [0.717, 1.165) is 5.56 Å². The summed E-state index contributed by atoms with van der Waals surface area (Å²) in [6.07, 6.45) is 0.365. The summed E-state index contributed by atoms with van der Waals surface area (Å²) in [5.41, 5.74) is 0.434. The molecule has 0 fully saturated rings. The average Bonchev–Trinajstić information content (AvgIpc) is 2.36. The highest BCUT2D eigenvalue weighted by Crippen LogP contribution is 2.11. The SMILES string of the molecule is CC(C)CC(=O)[C@H](Cc1ccccc1)NC(=O)OC(C)(C)C. The Morgan fingerprint density at radius 2 is 1.73 bits per heavy atom. The highest BCUT2D eigenvalue weighted by Gasteiger charge is 2.24. The largest absolute Gasteiger partial charge is 0.444 e. The minimum absolute atomic E-state index is 0.0321. The highest BCUT2D eigenvalue weighted by molar-refractivity contribution is 5.87. The molecule has 1 atom stereocenters. The Hall–Kier alpha value is -1.84. The topological polar surface area (TPSA) is 55.4 Å². The molecule has 1 aromatic rings. The Bertz CT molecular complexity index is 489. The molecule has 0 saturated carbocycles. The first-order valence-electron chi connectivity index (χ1n) is 7.73. The van der Waals surface area contributed by atoms with Crippen LogP contribution in [0.5, 0.6) is 0 Å². The van der Waals surface area contributed by atoms with Gasteiger partial charge in [0.05, 0.1) is 6.04 Å². The van der Waals surface area contributed by atoms with Gasteiger partial charge >= 0.3 is 6.09 Å². The van der Waals surface area contributed by atoms with E-state index in [0.29, 0.717) is 12.8 Å². The molecule has 122 valence electrons. The summed E-state index contributed by atoms with van der Waals surface area (Å²) >= 11 is 0. The van der Waals surface area contributed by atoms with Gasteiger partial charge < -0.3 is 10.1 Å². The molecule has 0 radical (unpaired) electrons. The van der Waals surface area contributed by atoms with Crippen molar-refractivity contribution >= 4 is 11.9 Å². The van der Waals surface area contributed by atoms with Gasteiger partial charge in [-0.05, 0) is 38.7 Å². The molecule has 1 aromatic carbocycles. The van der Waals surface area contributed by atoms with E-state index in [4.69, 9.17) is 4.74 Å². The monoisotopic (exact) mass is 305 g/mol. The molecule has 0 aliphatic heterocycles. The van der Waals surface area contributed by atoms with Crippen molar-refractivity contribution in [2.24, 2.45) is 5.92 Å². The normalized spacial score (nSPS) is 12.8. The van der Waals surface area contributed by atoms with Gasteiger partial charge in [0.25, 0.3) is 0 Å². The fraction of sp³-hybridized carbons (Fsp3) is 0.556. The van der Waals surface area contributed by atoms with E-state index in [-0.39, 0.29) is 11.7 Å². The van der Waals surface area contributed by atoms with Gasteiger partial charge in [0.1, 0.15) is 5.60 Å². The molecule has 0 aliphatic rings. The van der Waals surface area contributed by atoms with Crippen molar-refractivity contribution in [3.05, 3.63) is 35.9 Å². The van der Waals surface area contributed by atoms with Crippen molar-refractivity contribution in [1.29, 1.82) is 0 Å². The van der Waals surface area contributed by atoms with Crippen molar-refractivity contribution in [1.82, 2.24) is 5.32 Å². The van der Waals surface area contributed by atoms with Crippen LogP contribution in [0.25, 0.3) is 0 Å². The van der Waals surface area contributed by atoms with Gasteiger partial charge in [-0.25, -0.2) is 4.79 Å². The van der Waals surface area contributed by atoms with Gasteiger partial charge in [-0.15, -0.1) is 0 Å². The highest BCUT2D eigenvalue weighted by atomic mass is 16.6. The van der Waals surface area contributed by atoms with Crippen LogP contribution in [0.3, 0.4) is 0 Å². The van der Waals surface area contributed by atoms with Crippen LogP contribution in [0.1, 0.15) is 46.6 Å². The molecule has 4 heteroatoms. The number of benzene rings is 1. The molecule has 4 nitrogen and oxygen atoms in total. The lowest BCUT2D eigenvalue weighted by Crippen LogP contribution is -2.45. The molecule has 0 unspecified atom stereocenters. The van der Waals surface area contributed by atoms with Crippen LogP contribution < -0.4 is 5.32 Å². The number of amides is 1. The first-order chi connectivity index (χ1) is 10.2. The summed E-state index contributed by atoms with van der Waals surface area (Å²) in [6, 6.07) is 9.12. The molecular formula is C18H27NO3. The zero-order chi connectivity index (χ0) is 16.8. The maximum Gasteiger partial charge on any atom is 0.408 e. The third kappa shape index (κ3) is 7.25. The first-order valence-corrected chi connectivity index (χ1v) is 7.73. The van der Waals surface area contributed by atoms with E-state index < -0.39 is 17.7 Å². The average molecular weight is 305 g/mol. The van der Waals surface area contributed by atoms with Crippen LogP contribution in [0.15, 0.2) is 30.3 Å². The Morgan fingerprint density at radius 1 is 1.14 bits per heavy atom. The van der Waals surface area contributed by atoms with Crippen molar-refractivity contribution in [3.8, 4) is 0 Å². The number of Topliss-reactive ketones (excluding diaryl/α,β-unsaturated/α-hetero) is 1. The lowest BCUT2D eigenvalue weighted by molar-refractivity contribution is -0.121. The van der Waals surface area contributed by atoms with Crippen LogP contribution in [0.4, 0.5) is 4.79 Å². The second-order valence-electron chi connectivity index (χ2n) is 6.95. The molecule has 22 heavy (non-hydrogen) atoms. The number of ketones is 1. The van der Waals surface area contributed by atoms with Crippen molar-refractivity contribution in [2.45, 2.75) is 59.1 Å². The number of carbonyl (C=O) groups is 2. The third-order valence-corrected chi connectivity index (χ3v) is 2.97. The van der Waals surface area contributed by atoms with Crippen LogP contribution in [-0.2, 0) is 16.0 Å². The molecule has 1 N–H and O–H groups in total. The van der Waals surface area contributed by atoms with Crippen molar-refractivity contribution in [2.75, 3.05) is 0 Å². The smallest absolute Gasteiger partial charge is 0.408 e. The van der Waals surface area contributed by atoms with E-state index in [2.05, 4.69) is 5.32 Å². The van der Waals surface area contributed by atoms with Gasteiger partial charge in [-0.3, -0.25) is 4.79 Å². The molecule has 0 aliphatic carbocycles. The number of ether oxygens (including phenoxy) is 1. The maximum absolute atomic E-state index is 12.4. The Morgan fingerprint density at radius 3 is 2.23 bits per heavy atom. The van der Waals surface area contributed by atoms with Crippen LogP contribution in [0, 0.1) is 5.92 Å². The summed E-state index contributed by atoms with van der Waals surface area (Å²) in [5.74, 6) is 0.288. The zero-order valence-electron chi connectivity index (χ0n) is 14.2. The second-order valence-corrected chi connectivity index (χ2v) is 6.95. The quantitative estimate of drug-likeness (QED) is 0.871. The van der Waals surface area contributed by atoms with Crippen LogP contribution >= 0.6 is 0 Å². The van der Waals surface area contributed by atoms with Crippen LogP contribution in [0.2, 0.25) is 0 Å². The molecular weight excluding hydrogens is 278 g/mol. The summed E-state index contributed by atoms with van der Waals surface area (Å²) in [6.45, 7) is 9.38. The van der Waals surface area contributed by atoms with Crippen molar-refractivity contribution in [3.63, 3.8) is 0 Å². The predicted molar refractivity (Wildman–Crippen MR) is 87.8 cm³/mol. The standard InChI is InChI=1S/C18H27NO3/c1-13(2)11-16(20)15(12-14-9-7-6-8-10-14)19-17(21)22-18(3,4)5/h6-10,13,15H,11-12H2,1-5H3,(H,19,21)/t15-/m0/s1. The fourth-order valence-corrected chi connectivity index (χ4v) is 2.09. The van der Waals surface area contributed by atoms with Gasteiger partial charge in [-0.1, -0.05) is 44.2 Å². The number of hydrogen-bond acceptors (Lipinski definition) is 3. The van der Waals surface area contributed by atoms with Crippen LogP contribution in [-0.4, -0.2) is 23.5 Å². The van der Waals surface area contributed by atoms with E-state index >= 15 is 0 Å². The molecule has 0 heterocycles. The third-order valence-electron chi connectivity index (χ3n) is 2.97. The predicted octanol–water partition coefficient (Wildman–Crippen LogP) is 3.74. The molecule has 1 rings (SSSR count). The molecule has 0 aromatic heterocycles. The van der Waals surface area contributed by atoms with Gasteiger partial charge in [-0.2, -0.15) is 0 Å². The number of rotatable bonds is 6. The van der Waals surface area contributed by atoms with E-state index in [1.54, 1.807) is 20.8 Å². The Labute approximate surface area is 133 Å². The number of alkyl carbamates (subject to hydrolysis) is 1. The Kier molecular flexibility index (Phi) is 6.60. The number of hydrogen-bond donors (Lipinski definition) is 1.